The van der Waals surface area contributed by atoms with Crippen molar-refractivity contribution in [3.8, 4) is 5.88 Å². The molecule has 0 bridgehead atoms. The Balaban J connectivity index is 1.17. The van der Waals surface area contributed by atoms with E-state index in [1.54, 1.807) is 24.4 Å². The summed E-state index contributed by atoms with van der Waals surface area (Å²) in [5.74, 6) is 0.152. The maximum absolute atomic E-state index is 13.0. The van der Waals surface area contributed by atoms with E-state index in [1.165, 1.54) is 16.3 Å². The first kappa shape index (κ1) is 26.9. The van der Waals surface area contributed by atoms with Crippen LogP contribution in [0.4, 0.5) is 17.3 Å². The fourth-order valence-electron chi connectivity index (χ4n) is 5.60. The number of halogens is 1. The number of nitrogen functional groups attached to an aromatic ring is 1. The molecule has 5 heterocycles. The minimum atomic E-state index is -0.781. The van der Waals surface area contributed by atoms with Crippen LogP contribution in [0, 0.1) is 5.41 Å². The van der Waals surface area contributed by atoms with Gasteiger partial charge < -0.3 is 25.8 Å². The second-order valence-corrected chi connectivity index (χ2v) is 11.9. The van der Waals surface area contributed by atoms with Gasteiger partial charge in [-0.2, -0.15) is 4.98 Å². The normalized spacial score (nSPS) is 18.1. The first-order chi connectivity index (χ1) is 19.3. The molecule has 0 radical (unpaired) electrons. The van der Waals surface area contributed by atoms with Crippen LogP contribution in [-0.2, 0) is 17.7 Å². The van der Waals surface area contributed by atoms with Crippen LogP contribution in [0.25, 0.3) is 0 Å². The predicted molar refractivity (Wildman–Crippen MR) is 152 cm³/mol. The number of aromatic nitrogens is 4. The summed E-state index contributed by atoms with van der Waals surface area (Å²) in [6.07, 6.45) is 7.23. The second-order valence-electron chi connectivity index (χ2n) is 10.5. The van der Waals surface area contributed by atoms with Gasteiger partial charge in [0.05, 0.1) is 23.5 Å². The van der Waals surface area contributed by atoms with E-state index in [1.807, 2.05) is 0 Å². The smallest absolute Gasteiger partial charge is 0.270 e. The molecule has 0 saturated carbocycles. The van der Waals surface area contributed by atoms with E-state index in [2.05, 4.69) is 25.2 Å². The number of fused-ring (bicyclic) bond motifs is 1. The van der Waals surface area contributed by atoms with Crippen LogP contribution in [-0.4, -0.2) is 56.8 Å². The Labute approximate surface area is 240 Å². The Bertz CT molecular complexity index is 1520. The first-order valence-electron chi connectivity index (χ1n) is 13.4. The number of benzene rings is 1. The third kappa shape index (κ3) is 5.11. The van der Waals surface area contributed by atoms with Crippen molar-refractivity contribution in [3.63, 3.8) is 0 Å². The summed E-state index contributed by atoms with van der Waals surface area (Å²) in [6, 6.07) is 5.11. The first-order valence-corrected chi connectivity index (χ1v) is 14.6. The fraction of sp³-hybridized carbons (Fsp3) is 0.444. The number of nitrogens with two attached hydrogens (primary N) is 1. The van der Waals surface area contributed by atoms with Gasteiger partial charge in [-0.25, -0.2) is 9.97 Å². The van der Waals surface area contributed by atoms with Crippen molar-refractivity contribution in [1.82, 2.24) is 19.5 Å². The number of carbonyl (C=O) groups excluding carboxylic acids is 1. The molecule has 40 heavy (non-hydrogen) atoms. The van der Waals surface area contributed by atoms with Crippen molar-refractivity contribution in [3.05, 3.63) is 51.2 Å². The van der Waals surface area contributed by atoms with Gasteiger partial charge in [-0.15, -0.1) is 0 Å². The van der Waals surface area contributed by atoms with Gasteiger partial charge in [-0.1, -0.05) is 29.4 Å². The van der Waals surface area contributed by atoms with E-state index in [0.717, 1.165) is 64.2 Å². The molecule has 4 N–H and O–H groups in total. The zero-order chi connectivity index (χ0) is 27.9. The minimum absolute atomic E-state index is 0.247. The molecule has 2 aromatic heterocycles. The number of amides is 1. The number of hydrogen-bond acceptors (Lipinski definition) is 10. The molecular formula is C27H30ClN7O4S. The van der Waals surface area contributed by atoms with Crippen molar-refractivity contribution >= 4 is 46.6 Å². The molecule has 2 fully saturated rings. The van der Waals surface area contributed by atoms with Gasteiger partial charge in [-0.3, -0.25) is 14.2 Å². The summed E-state index contributed by atoms with van der Waals surface area (Å²) in [7, 11) is 0. The molecule has 3 aliphatic heterocycles. The van der Waals surface area contributed by atoms with Crippen LogP contribution < -0.4 is 21.5 Å². The van der Waals surface area contributed by atoms with Gasteiger partial charge in [0, 0.05) is 37.6 Å². The molecule has 3 aliphatic rings. The van der Waals surface area contributed by atoms with Crippen molar-refractivity contribution < 1.29 is 14.6 Å². The molecule has 210 valence electrons. The van der Waals surface area contributed by atoms with Gasteiger partial charge in [0.2, 0.25) is 5.88 Å². The summed E-state index contributed by atoms with van der Waals surface area (Å²) < 4.78 is 7.08. The molecule has 0 atom stereocenters. The third-order valence-corrected chi connectivity index (χ3v) is 9.58. The lowest BCUT2D eigenvalue weighted by Crippen LogP contribution is -2.41. The van der Waals surface area contributed by atoms with Crippen molar-refractivity contribution in [2.45, 2.75) is 55.0 Å². The summed E-state index contributed by atoms with van der Waals surface area (Å²) in [5, 5.41) is 13.7. The number of nitrogens with zero attached hydrogens (tertiary/aromatic N) is 5. The highest BCUT2D eigenvalue weighted by atomic mass is 35.5. The Hall–Kier alpha value is -3.35. The van der Waals surface area contributed by atoms with Gasteiger partial charge >= 0.3 is 0 Å². The topological polar surface area (TPSA) is 148 Å². The van der Waals surface area contributed by atoms with E-state index < -0.39 is 22.9 Å². The van der Waals surface area contributed by atoms with Crippen LogP contribution in [0.2, 0.25) is 5.02 Å². The largest absolute Gasteiger partial charge is 0.493 e. The van der Waals surface area contributed by atoms with Crippen molar-refractivity contribution in [2.24, 2.45) is 5.41 Å². The lowest BCUT2D eigenvalue weighted by molar-refractivity contribution is 0.102. The number of aryl methyl sites for hydroxylation is 1. The maximum Gasteiger partial charge on any atom is 0.270 e. The monoisotopic (exact) mass is 583 g/mol. The van der Waals surface area contributed by atoms with Crippen LogP contribution in [0.1, 0.15) is 48.3 Å². The van der Waals surface area contributed by atoms with Crippen LogP contribution >= 0.6 is 23.4 Å². The lowest BCUT2D eigenvalue weighted by atomic mass is 9.78. The highest BCUT2D eigenvalue weighted by molar-refractivity contribution is 7.99. The van der Waals surface area contributed by atoms with E-state index in [9.17, 15) is 14.7 Å². The number of aromatic hydroxyl groups is 1. The Morgan fingerprint density at radius 2 is 2.00 bits per heavy atom. The number of piperidine rings is 1. The van der Waals surface area contributed by atoms with Crippen molar-refractivity contribution in [2.75, 3.05) is 42.3 Å². The predicted octanol–water partition coefficient (Wildman–Crippen LogP) is 3.72. The number of anilines is 3. The molecular weight excluding hydrogens is 554 g/mol. The molecule has 1 amide bonds. The van der Waals surface area contributed by atoms with Gasteiger partial charge in [-0.05, 0) is 49.7 Å². The molecule has 11 nitrogen and oxygen atoms in total. The number of ether oxygens (including phenoxy) is 1. The summed E-state index contributed by atoms with van der Waals surface area (Å²) in [4.78, 5) is 42.0. The van der Waals surface area contributed by atoms with E-state index in [0.29, 0.717) is 34.1 Å². The van der Waals surface area contributed by atoms with E-state index in [4.69, 9.17) is 22.1 Å². The van der Waals surface area contributed by atoms with Crippen LogP contribution in [0.15, 0.2) is 39.1 Å². The fourth-order valence-corrected chi connectivity index (χ4v) is 6.70. The zero-order valence-corrected chi connectivity index (χ0v) is 23.4. The SMILES string of the molecule is Nc1nc(N2CCC3(CCOC3)CC2)cnc1Sc1cccc(NC(=O)c2c(O)nc3n(c2=O)CCCC3)c1Cl. The molecule has 2 saturated heterocycles. The molecule has 1 spiro atoms. The maximum atomic E-state index is 13.0. The number of carbonyl (C=O) groups is 1. The van der Waals surface area contributed by atoms with Gasteiger partial charge in [0.15, 0.2) is 11.4 Å². The average Bonchev–Trinajstić information content (AvgIpc) is 3.40. The highest BCUT2D eigenvalue weighted by Gasteiger charge is 2.38. The van der Waals surface area contributed by atoms with Crippen LogP contribution in [0.5, 0.6) is 5.88 Å². The lowest BCUT2D eigenvalue weighted by Gasteiger charge is -2.38. The quantitative estimate of drug-likeness (QED) is 0.406. The van der Waals surface area contributed by atoms with Gasteiger partial charge in [0.25, 0.3) is 11.5 Å². The van der Waals surface area contributed by atoms with Crippen molar-refractivity contribution in [1.29, 1.82) is 0 Å². The molecule has 13 heteroatoms. The average molecular weight is 584 g/mol. The van der Waals surface area contributed by atoms with E-state index in [-0.39, 0.29) is 16.5 Å². The van der Waals surface area contributed by atoms with Crippen LogP contribution in [0.3, 0.4) is 0 Å². The Morgan fingerprint density at radius 3 is 2.75 bits per heavy atom. The highest BCUT2D eigenvalue weighted by Crippen LogP contribution is 2.41. The second kappa shape index (κ2) is 10.9. The van der Waals surface area contributed by atoms with E-state index >= 15 is 0 Å². The number of nitrogens with one attached hydrogen (secondary N) is 1. The summed E-state index contributed by atoms with van der Waals surface area (Å²) >= 11 is 7.87. The molecule has 6 rings (SSSR count). The molecule has 0 aliphatic carbocycles. The summed E-state index contributed by atoms with van der Waals surface area (Å²) in [6.45, 7) is 3.92. The number of rotatable bonds is 5. The summed E-state index contributed by atoms with van der Waals surface area (Å²) in [5.41, 5.74) is 5.90. The molecule has 0 unspecified atom stereocenters. The zero-order valence-electron chi connectivity index (χ0n) is 21.9. The standard InChI is InChI=1S/C27H30ClN7O4S/c28-21-16(31-23(36)20-24(37)33-18-6-1-2-10-35(18)26(20)38)4-3-5-17(21)40-25-22(29)32-19(14-30-25)34-11-7-27(8-12-34)9-13-39-15-27/h3-5,14,37H,1-2,6-13,15H2,(H2,29,32)(H,31,36). The number of hydrogen-bond donors (Lipinski definition) is 3. The molecule has 1 aromatic carbocycles. The third-order valence-electron chi connectivity index (χ3n) is 7.99. The Morgan fingerprint density at radius 1 is 1.18 bits per heavy atom. The molecule has 3 aromatic rings. The Kier molecular flexibility index (Phi) is 7.32. The minimum Gasteiger partial charge on any atom is -0.493 e. The van der Waals surface area contributed by atoms with Gasteiger partial charge in [0.1, 0.15) is 16.7 Å².